The van der Waals surface area contributed by atoms with Gasteiger partial charge in [0.25, 0.3) is 0 Å². The first-order valence-corrected chi connectivity index (χ1v) is 9.93. The van der Waals surface area contributed by atoms with E-state index in [1.807, 2.05) is 16.8 Å². The Morgan fingerprint density at radius 2 is 1.93 bits per heavy atom. The number of anilines is 1. The Kier molecular flexibility index (Phi) is 4.76. The summed E-state index contributed by atoms with van der Waals surface area (Å²) in [6.45, 7) is 1.86. The van der Waals surface area contributed by atoms with Crippen molar-refractivity contribution in [1.82, 2.24) is 25.1 Å². The van der Waals surface area contributed by atoms with E-state index in [-0.39, 0.29) is 11.8 Å². The molecule has 1 fully saturated rings. The summed E-state index contributed by atoms with van der Waals surface area (Å²) in [7, 11) is 0. The lowest BCUT2D eigenvalue weighted by molar-refractivity contribution is 0.354. The van der Waals surface area contributed by atoms with Crippen LogP contribution >= 0.6 is 0 Å². The molecule has 7 nitrogen and oxygen atoms in total. The Morgan fingerprint density at radius 3 is 2.70 bits per heavy atom. The van der Waals surface area contributed by atoms with Gasteiger partial charge < -0.3 is 15.8 Å². The molecular formula is C22H21FN6O. The third-order valence-electron chi connectivity index (χ3n) is 5.33. The van der Waals surface area contributed by atoms with Gasteiger partial charge in [-0.15, -0.1) is 0 Å². The van der Waals surface area contributed by atoms with Crippen LogP contribution in [-0.2, 0) is 0 Å². The minimum absolute atomic E-state index is 0.183. The van der Waals surface area contributed by atoms with E-state index in [0.29, 0.717) is 11.6 Å². The Labute approximate surface area is 172 Å². The summed E-state index contributed by atoms with van der Waals surface area (Å²) in [6.07, 6.45) is 3.59. The maximum atomic E-state index is 13.8. The molecule has 0 bridgehead atoms. The van der Waals surface area contributed by atoms with Crippen molar-refractivity contribution in [2.75, 3.05) is 18.8 Å². The number of aromatic nitrogens is 4. The molecule has 5 rings (SSSR count). The lowest BCUT2D eigenvalue weighted by atomic mass is 10.1. The van der Waals surface area contributed by atoms with Crippen LogP contribution in [-0.4, -0.2) is 32.8 Å². The predicted molar refractivity (Wildman–Crippen MR) is 113 cm³/mol. The van der Waals surface area contributed by atoms with Crippen molar-refractivity contribution in [2.24, 2.45) is 0 Å². The smallest absolute Gasteiger partial charge is 0.165 e. The number of nitrogens with one attached hydrogen (secondary N) is 1. The van der Waals surface area contributed by atoms with Crippen LogP contribution in [0.25, 0.3) is 22.3 Å². The Hall–Kier alpha value is -3.52. The van der Waals surface area contributed by atoms with Crippen LogP contribution in [0.1, 0.15) is 18.9 Å². The fourth-order valence-corrected chi connectivity index (χ4v) is 3.83. The van der Waals surface area contributed by atoms with E-state index in [2.05, 4.69) is 15.3 Å². The number of hydrogen-bond donors (Lipinski definition) is 2. The van der Waals surface area contributed by atoms with Gasteiger partial charge in [-0.1, -0.05) is 12.1 Å². The molecule has 3 heterocycles. The SMILES string of the molecule is Nc1ncnc2c1c(-c1ccc(Oc3ccccc3F)cc1)nn2C1CCCNC1. The van der Waals surface area contributed by atoms with Gasteiger partial charge in [-0.3, -0.25) is 0 Å². The van der Waals surface area contributed by atoms with Gasteiger partial charge in [0.2, 0.25) is 0 Å². The van der Waals surface area contributed by atoms with Gasteiger partial charge >= 0.3 is 0 Å². The molecule has 1 aliphatic rings. The van der Waals surface area contributed by atoms with Crippen LogP contribution in [0.15, 0.2) is 54.9 Å². The number of nitrogens with zero attached hydrogens (tertiary/aromatic N) is 4. The first-order valence-electron chi connectivity index (χ1n) is 9.93. The summed E-state index contributed by atoms with van der Waals surface area (Å²) in [5, 5.41) is 9.02. The van der Waals surface area contributed by atoms with Crippen LogP contribution < -0.4 is 15.8 Å². The van der Waals surface area contributed by atoms with Gasteiger partial charge in [0.05, 0.1) is 11.4 Å². The largest absolute Gasteiger partial charge is 0.454 e. The van der Waals surface area contributed by atoms with Gasteiger partial charge in [-0.2, -0.15) is 5.10 Å². The molecule has 2 aromatic heterocycles. The van der Waals surface area contributed by atoms with Crippen molar-refractivity contribution >= 4 is 16.9 Å². The van der Waals surface area contributed by atoms with Crippen molar-refractivity contribution in [3.63, 3.8) is 0 Å². The summed E-state index contributed by atoms with van der Waals surface area (Å²) < 4.78 is 21.5. The first-order chi connectivity index (χ1) is 14.7. The second kappa shape index (κ2) is 7.72. The second-order valence-electron chi connectivity index (χ2n) is 7.31. The van der Waals surface area contributed by atoms with E-state index in [0.717, 1.165) is 48.2 Å². The molecule has 0 saturated carbocycles. The summed E-state index contributed by atoms with van der Waals surface area (Å²) >= 11 is 0. The minimum Gasteiger partial charge on any atom is -0.454 e. The highest BCUT2D eigenvalue weighted by Gasteiger charge is 2.23. The molecule has 152 valence electrons. The summed E-state index contributed by atoms with van der Waals surface area (Å²) in [6, 6.07) is 13.9. The zero-order valence-electron chi connectivity index (χ0n) is 16.3. The highest BCUT2D eigenvalue weighted by atomic mass is 19.1. The predicted octanol–water partition coefficient (Wildman–Crippen LogP) is 3.93. The molecule has 4 aromatic rings. The summed E-state index contributed by atoms with van der Waals surface area (Å²) in [5.41, 5.74) is 8.53. The number of halogens is 1. The lowest BCUT2D eigenvalue weighted by Crippen LogP contribution is -2.32. The standard InChI is InChI=1S/C22H21FN6O/c23-17-5-1-2-6-18(17)30-16-9-7-14(8-10-16)20-19-21(24)26-13-27-22(19)29(28-20)15-4-3-11-25-12-15/h1-2,5-10,13,15,25H,3-4,11-12H2,(H2,24,26,27). The lowest BCUT2D eigenvalue weighted by Gasteiger charge is -2.23. The fourth-order valence-electron chi connectivity index (χ4n) is 3.83. The van der Waals surface area contributed by atoms with E-state index in [9.17, 15) is 4.39 Å². The number of nitrogen functional groups attached to an aromatic ring is 1. The van der Waals surface area contributed by atoms with Gasteiger partial charge in [-0.25, -0.2) is 19.0 Å². The maximum Gasteiger partial charge on any atom is 0.165 e. The molecule has 30 heavy (non-hydrogen) atoms. The van der Waals surface area contributed by atoms with Crippen LogP contribution in [0.3, 0.4) is 0 Å². The number of piperidine rings is 1. The average Bonchev–Trinajstić information content (AvgIpc) is 3.18. The Balaban J connectivity index is 1.52. The molecule has 0 radical (unpaired) electrons. The van der Waals surface area contributed by atoms with Crippen molar-refractivity contribution in [3.8, 4) is 22.8 Å². The molecule has 0 amide bonds. The van der Waals surface area contributed by atoms with Crippen molar-refractivity contribution in [1.29, 1.82) is 0 Å². The summed E-state index contributed by atoms with van der Waals surface area (Å²) in [4.78, 5) is 8.63. The molecule has 8 heteroatoms. The van der Waals surface area contributed by atoms with Gasteiger partial charge in [0.1, 0.15) is 23.6 Å². The topological polar surface area (TPSA) is 90.9 Å². The first kappa shape index (κ1) is 18.5. The van der Waals surface area contributed by atoms with E-state index < -0.39 is 5.82 Å². The van der Waals surface area contributed by atoms with Crippen molar-refractivity contribution in [2.45, 2.75) is 18.9 Å². The number of nitrogens with two attached hydrogens (primary N) is 1. The Morgan fingerprint density at radius 1 is 1.10 bits per heavy atom. The number of hydrogen-bond acceptors (Lipinski definition) is 6. The van der Waals surface area contributed by atoms with E-state index in [1.165, 1.54) is 12.4 Å². The highest BCUT2D eigenvalue weighted by molar-refractivity contribution is 5.98. The number of benzene rings is 2. The highest BCUT2D eigenvalue weighted by Crippen LogP contribution is 2.34. The second-order valence-corrected chi connectivity index (χ2v) is 7.31. The molecular weight excluding hydrogens is 383 g/mol. The molecule has 2 aromatic carbocycles. The van der Waals surface area contributed by atoms with E-state index >= 15 is 0 Å². The van der Waals surface area contributed by atoms with Crippen LogP contribution in [0.2, 0.25) is 0 Å². The molecule has 1 saturated heterocycles. The average molecular weight is 404 g/mol. The van der Waals surface area contributed by atoms with Gasteiger partial charge in [0, 0.05) is 12.1 Å². The Bertz CT molecular complexity index is 1180. The number of rotatable bonds is 4. The van der Waals surface area contributed by atoms with Gasteiger partial charge in [-0.05, 0) is 55.8 Å². The maximum absolute atomic E-state index is 13.8. The quantitative estimate of drug-likeness (QED) is 0.536. The molecule has 0 aliphatic carbocycles. The van der Waals surface area contributed by atoms with E-state index in [1.54, 1.807) is 30.3 Å². The van der Waals surface area contributed by atoms with E-state index in [4.69, 9.17) is 15.6 Å². The number of para-hydroxylation sites is 1. The van der Waals surface area contributed by atoms with Crippen molar-refractivity contribution < 1.29 is 9.13 Å². The normalized spacial score (nSPS) is 16.6. The van der Waals surface area contributed by atoms with Crippen molar-refractivity contribution in [3.05, 3.63) is 60.7 Å². The molecule has 0 spiro atoms. The van der Waals surface area contributed by atoms with Gasteiger partial charge in [0.15, 0.2) is 17.2 Å². The number of ether oxygens (including phenoxy) is 1. The minimum atomic E-state index is -0.405. The van der Waals surface area contributed by atoms with Crippen LogP contribution in [0.5, 0.6) is 11.5 Å². The molecule has 1 unspecified atom stereocenters. The van der Waals surface area contributed by atoms with Crippen LogP contribution in [0.4, 0.5) is 10.2 Å². The zero-order valence-corrected chi connectivity index (χ0v) is 16.3. The zero-order chi connectivity index (χ0) is 20.5. The number of fused-ring (bicyclic) bond motifs is 1. The molecule has 1 atom stereocenters. The third-order valence-corrected chi connectivity index (χ3v) is 5.33. The van der Waals surface area contributed by atoms with Crippen LogP contribution in [0, 0.1) is 5.82 Å². The summed E-state index contributed by atoms with van der Waals surface area (Å²) in [5.74, 6) is 0.713. The third kappa shape index (κ3) is 3.35. The fraction of sp³-hybridized carbons (Fsp3) is 0.227. The molecule has 1 aliphatic heterocycles. The monoisotopic (exact) mass is 404 g/mol. The molecule has 3 N–H and O–H groups in total.